The Morgan fingerprint density at radius 2 is 1.96 bits per heavy atom. The van der Waals surface area contributed by atoms with Gasteiger partial charge in [0.05, 0.1) is 22.7 Å². The van der Waals surface area contributed by atoms with Gasteiger partial charge in [-0.05, 0) is 38.0 Å². The van der Waals surface area contributed by atoms with Gasteiger partial charge in [-0.2, -0.15) is 5.10 Å². The van der Waals surface area contributed by atoms with Gasteiger partial charge in [0.1, 0.15) is 5.56 Å². The number of aryl methyl sites for hydroxylation is 2. The molecule has 8 heteroatoms. The van der Waals surface area contributed by atoms with Gasteiger partial charge < -0.3 is 4.74 Å². The second-order valence-electron chi connectivity index (χ2n) is 5.53. The quantitative estimate of drug-likeness (QED) is 0.756. The third-order valence-electron chi connectivity index (χ3n) is 3.65. The van der Waals surface area contributed by atoms with Crippen molar-refractivity contribution in [2.75, 3.05) is 12.9 Å². The molecule has 0 aliphatic carbocycles. The van der Waals surface area contributed by atoms with Gasteiger partial charge in [0.25, 0.3) is 0 Å². The molecule has 0 saturated carbocycles. The Morgan fingerprint density at radius 1 is 1.33 bits per heavy atom. The number of sulfone groups is 1. The fraction of sp³-hybridized carbons (Fsp3) is 0.375. The van der Waals surface area contributed by atoms with Crippen LogP contribution in [0, 0.1) is 13.8 Å². The van der Waals surface area contributed by atoms with E-state index in [4.69, 9.17) is 16.3 Å². The van der Waals surface area contributed by atoms with E-state index < -0.39 is 9.84 Å². The standard InChI is InChI=1S/C16H19ClN2O4S/c1-6-23-16-12(8-18-19(16)4)14(20)11-7-9(2)15(24(5,21)22)10(3)13(11)17/h7-8H,6H2,1-5H3. The van der Waals surface area contributed by atoms with Crippen LogP contribution in [0.4, 0.5) is 0 Å². The lowest BCUT2D eigenvalue weighted by molar-refractivity contribution is 0.103. The molecule has 0 N–H and O–H groups in total. The van der Waals surface area contributed by atoms with Crippen LogP contribution in [-0.4, -0.2) is 36.8 Å². The molecule has 2 rings (SSSR count). The van der Waals surface area contributed by atoms with Crippen LogP contribution in [0.25, 0.3) is 0 Å². The lowest BCUT2D eigenvalue weighted by Gasteiger charge is -2.14. The summed E-state index contributed by atoms with van der Waals surface area (Å²) in [7, 11) is -1.77. The van der Waals surface area contributed by atoms with Crippen LogP contribution in [0.1, 0.15) is 34.0 Å². The van der Waals surface area contributed by atoms with Gasteiger partial charge in [-0.3, -0.25) is 4.79 Å². The van der Waals surface area contributed by atoms with Crippen LogP contribution in [0.3, 0.4) is 0 Å². The van der Waals surface area contributed by atoms with E-state index in [1.165, 1.54) is 16.9 Å². The molecule has 0 radical (unpaired) electrons. The largest absolute Gasteiger partial charge is 0.478 e. The molecule has 0 saturated heterocycles. The van der Waals surface area contributed by atoms with Crippen molar-refractivity contribution in [2.24, 2.45) is 7.05 Å². The fourth-order valence-electron chi connectivity index (χ4n) is 2.71. The molecule has 0 aliphatic rings. The van der Waals surface area contributed by atoms with E-state index >= 15 is 0 Å². The Kier molecular flexibility index (Phi) is 5.05. The van der Waals surface area contributed by atoms with Gasteiger partial charge >= 0.3 is 0 Å². The molecule has 1 aromatic carbocycles. The maximum atomic E-state index is 12.9. The van der Waals surface area contributed by atoms with Crippen LogP contribution in [-0.2, 0) is 16.9 Å². The summed E-state index contributed by atoms with van der Waals surface area (Å²) in [6.07, 6.45) is 2.53. The topological polar surface area (TPSA) is 78.3 Å². The highest BCUT2D eigenvalue weighted by Crippen LogP contribution is 2.33. The SMILES string of the molecule is CCOc1c(C(=O)c2cc(C)c(S(C)(=O)=O)c(C)c2Cl)cnn1C. The Hall–Kier alpha value is -1.86. The molecule has 0 unspecified atom stereocenters. The zero-order valence-corrected chi connectivity index (χ0v) is 15.7. The lowest BCUT2D eigenvalue weighted by atomic mass is 10.0. The summed E-state index contributed by atoms with van der Waals surface area (Å²) in [6, 6.07) is 1.50. The maximum Gasteiger partial charge on any atom is 0.223 e. The smallest absolute Gasteiger partial charge is 0.223 e. The molecule has 130 valence electrons. The van der Waals surface area contributed by atoms with E-state index in [1.807, 2.05) is 6.92 Å². The number of aromatic nitrogens is 2. The Bertz CT molecular complexity index is 917. The predicted molar refractivity (Wildman–Crippen MR) is 91.8 cm³/mol. The van der Waals surface area contributed by atoms with E-state index in [0.717, 1.165) is 6.26 Å². The van der Waals surface area contributed by atoms with Crippen molar-refractivity contribution in [1.29, 1.82) is 0 Å². The van der Waals surface area contributed by atoms with Gasteiger partial charge in [0.2, 0.25) is 11.7 Å². The normalized spacial score (nSPS) is 11.6. The van der Waals surface area contributed by atoms with Crippen molar-refractivity contribution in [3.63, 3.8) is 0 Å². The minimum absolute atomic E-state index is 0.123. The molecule has 0 bridgehead atoms. The molecule has 0 spiro atoms. The molecule has 0 amide bonds. The average Bonchev–Trinajstić information content (AvgIpc) is 2.83. The molecule has 1 aromatic heterocycles. The number of ketones is 1. The third kappa shape index (κ3) is 3.18. The Balaban J connectivity index is 2.65. The fourth-order valence-corrected chi connectivity index (χ4v) is 4.31. The van der Waals surface area contributed by atoms with Crippen molar-refractivity contribution in [1.82, 2.24) is 9.78 Å². The van der Waals surface area contributed by atoms with Gasteiger partial charge in [-0.1, -0.05) is 11.6 Å². The van der Waals surface area contributed by atoms with Crippen molar-refractivity contribution in [2.45, 2.75) is 25.7 Å². The van der Waals surface area contributed by atoms with E-state index in [2.05, 4.69) is 5.10 Å². The highest BCUT2D eigenvalue weighted by Gasteiger charge is 2.25. The third-order valence-corrected chi connectivity index (χ3v) is 5.51. The Labute approximate surface area is 146 Å². The minimum atomic E-state index is -3.44. The van der Waals surface area contributed by atoms with Gasteiger partial charge in [0.15, 0.2) is 9.84 Å². The van der Waals surface area contributed by atoms with Crippen LogP contribution in [0.15, 0.2) is 17.2 Å². The summed E-state index contributed by atoms with van der Waals surface area (Å²) in [5, 5.41) is 4.17. The first kappa shape index (κ1) is 18.5. The number of carbonyl (C=O) groups is 1. The van der Waals surface area contributed by atoms with Crippen molar-refractivity contribution in [3.05, 3.63) is 39.5 Å². The van der Waals surface area contributed by atoms with E-state index in [-0.39, 0.29) is 26.8 Å². The number of benzene rings is 1. The number of hydrogen-bond donors (Lipinski definition) is 0. The summed E-state index contributed by atoms with van der Waals surface area (Å²) >= 11 is 6.30. The number of hydrogen-bond acceptors (Lipinski definition) is 5. The second kappa shape index (κ2) is 6.57. The highest BCUT2D eigenvalue weighted by atomic mass is 35.5. The second-order valence-corrected chi connectivity index (χ2v) is 7.86. The number of carbonyl (C=O) groups excluding carboxylic acids is 1. The molecular weight excluding hydrogens is 352 g/mol. The number of nitrogens with zero attached hydrogens (tertiary/aromatic N) is 2. The lowest BCUT2D eigenvalue weighted by Crippen LogP contribution is -2.10. The summed E-state index contributed by atoms with van der Waals surface area (Å²) in [5.41, 5.74) is 1.36. The molecule has 0 atom stereocenters. The first-order valence-electron chi connectivity index (χ1n) is 7.28. The highest BCUT2D eigenvalue weighted by molar-refractivity contribution is 7.90. The maximum absolute atomic E-state index is 12.9. The summed E-state index contributed by atoms with van der Waals surface area (Å²) < 4.78 is 30.8. The molecule has 1 heterocycles. The zero-order valence-electron chi connectivity index (χ0n) is 14.2. The van der Waals surface area contributed by atoms with Crippen LogP contribution >= 0.6 is 11.6 Å². The molecule has 24 heavy (non-hydrogen) atoms. The predicted octanol–water partition coefficient (Wildman–Crippen LogP) is 2.72. The summed E-state index contributed by atoms with van der Waals surface area (Å²) in [5.74, 6) is -0.0103. The number of rotatable bonds is 5. The first-order chi connectivity index (χ1) is 11.1. The van der Waals surface area contributed by atoms with E-state index in [0.29, 0.717) is 23.6 Å². The number of ether oxygens (including phenoxy) is 1. The Morgan fingerprint density at radius 3 is 2.50 bits per heavy atom. The molecule has 6 nitrogen and oxygen atoms in total. The minimum Gasteiger partial charge on any atom is -0.478 e. The van der Waals surface area contributed by atoms with Crippen LogP contribution in [0.5, 0.6) is 5.88 Å². The molecular formula is C16H19ClN2O4S. The zero-order chi connectivity index (χ0) is 18.2. The van der Waals surface area contributed by atoms with E-state index in [1.54, 1.807) is 20.9 Å². The van der Waals surface area contributed by atoms with Crippen LogP contribution in [0.2, 0.25) is 5.02 Å². The monoisotopic (exact) mass is 370 g/mol. The summed E-state index contributed by atoms with van der Waals surface area (Å²) in [6.45, 7) is 5.43. The van der Waals surface area contributed by atoms with Crippen molar-refractivity contribution < 1.29 is 17.9 Å². The average molecular weight is 371 g/mol. The first-order valence-corrected chi connectivity index (χ1v) is 9.55. The van der Waals surface area contributed by atoms with Crippen molar-refractivity contribution >= 4 is 27.2 Å². The summed E-state index contributed by atoms with van der Waals surface area (Å²) in [4.78, 5) is 13.0. The van der Waals surface area contributed by atoms with Gasteiger partial charge in [-0.25, -0.2) is 13.1 Å². The number of halogens is 1. The molecule has 0 aliphatic heterocycles. The molecule has 0 fully saturated rings. The van der Waals surface area contributed by atoms with Gasteiger partial charge in [-0.15, -0.1) is 0 Å². The van der Waals surface area contributed by atoms with Crippen LogP contribution < -0.4 is 4.74 Å². The van der Waals surface area contributed by atoms with E-state index in [9.17, 15) is 13.2 Å². The molecule has 2 aromatic rings. The van der Waals surface area contributed by atoms with Crippen molar-refractivity contribution in [3.8, 4) is 5.88 Å². The van der Waals surface area contributed by atoms with Gasteiger partial charge in [0, 0.05) is 18.9 Å².